The van der Waals surface area contributed by atoms with E-state index < -0.39 is 0 Å². The number of carbonyl (C=O) groups is 2. The first kappa shape index (κ1) is 18.5. The number of aromatic nitrogens is 4. The Balaban J connectivity index is 1.28. The van der Waals surface area contributed by atoms with Crippen LogP contribution < -0.4 is 5.32 Å². The van der Waals surface area contributed by atoms with Crippen molar-refractivity contribution in [2.24, 2.45) is 0 Å². The third kappa shape index (κ3) is 3.45. The number of pyridine rings is 1. The molecular formula is C20H18N6O3S. The molecule has 1 N–H and O–H groups in total. The maximum atomic E-state index is 13.0. The molecule has 1 aliphatic rings. The summed E-state index contributed by atoms with van der Waals surface area (Å²) in [6.07, 6.45) is 5.29. The van der Waals surface area contributed by atoms with Crippen molar-refractivity contribution >= 4 is 33.9 Å². The second-order valence-corrected chi connectivity index (χ2v) is 7.84. The highest BCUT2D eigenvalue weighted by molar-refractivity contribution is 7.14. The van der Waals surface area contributed by atoms with E-state index in [4.69, 9.17) is 4.42 Å². The number of nitrogens with one attached hydrogen (secondary N) is 1. The molecule has 0 bridgehead atoms. The average Bonchev–Trinajstić information content (AvgIpc) is 3.53. The van der Waals surface area contributed by atoms with Crippen molar-refractivity contribution < 1.29 is 14.0 Å². The Morgan fingerprint density at radius 1 is 1.23 bits per heavy atom. The smallest absolute Gasteiger partial charge is 0.293 e. The summed E-state index contributed by atoms with van der Waals surface area (Å²) in [6.45, 7) is 0.678. The van der Waals surface area contributed by atoms with Gasteiger partial charge in [-0.3, -0.25) is 19.3 Å². The molecule has 4 aromatic heterocycles. The Labute approximate surface area is 175 Å². The number of thiazole rings is 1. The molecule has 1 aliphatic heterocycles. The molecule has 1 atom stereocenters. The molecule has 0 saturated carbocycles. The molecular weight excluding hydrogens is 404 g/mol. The van der Waals surface area contributed by atoms with Gasteiger partial charge in [-0.15, -0.1) is 21.5 Å². The van der Waals surface area contributed by atoms with E-state index in [1.165, 1.54) is 17.6 Å². The van der Waals surface area contributed by atoms with Crippen LogP contribution in [-0.4, -0.2) is 42.8 Å². The highest BCUT2D eigenvalue weighted by atomic mass is 32.1. The fraction of sp³-hybridized carbons (Fsp3) is 0.250. The second kappa shape index (κ2) is 7.71. The van der Waals surface area contributed by atoms with Crippen LogP contribution in [0.5, 0.6) is 0 Å². The lowest BCUT2D eigenvalue weighted by atomic mass is 10.2. The summed E-state index contributed by atoms with van der Waals surface area (Å²) in [6, 6.07) is 8.85. The quantitative estimate of drug-likeness (QED) is 0.530. The molecule has 0 radical (unpaired) electrons. The lowest BCUT2D eigenvalue weighted by molar-refractivity contribution is -0.131. The zero-order valence-electron chi connectivity index (χ0n) is 15.9. The first-order chi connectivity index (χ1) is 14.7. The summed E-state index contributed by atoms with van der Waals surface area (Å²) in [4.78, 5) is 31.3. The summed E-state index contributed by atoms with van der Waals surface area (Å²) in [5.74, 6) is 0.606. The van der Waals surface area contributed by atoms with Gasteiger partial charge in [-0.2, -0.15) is 0 Å². The fourth-order valence-corrected chi connectivity index (χ4v) is 4.39. The van der Waals surface area contributed by atoms with E-state index >= 15 is 0 Å². The number of rotatable bonds is 5. The number of hydrogen-bond donors (Lipinski definition) is 1. The normalized spacial score (nSPS) is 16.3. The minimum Gasteiger partial charge on any atom is -0.459 e. The summed E-state index contributed by atoms with van der Waals surface area (Å²) < 4.78 is 7.01. The Bertz CT molecular complexity index is 1200. The summed E-state index contributed by atoms with van der Waals surface area (Å²) in [5, 5.41) is 13.4. The van der Waals surface area contributed by atoms with Crippen LogP contribution in [0.15, 0.2) is 52.6 Å². The number of amides is 2. The Hall–Kier alpha value is -3.53. The maximum Gasteiger partial charge on any atom is 0.293 e. The van der Waals surface area contributed by atoms with E-state index in [0.29, 0.717) is 17.4 Å². The van der Waals surface area contributed by atoms with E-state index in [0.717, 1.165) is 24.3 Å². The molecule has 0 spiro atoms. The highest BCUT2D eigenvalue weighted by Crippen LogP contribution is 2.31. The van der Waals surface area contributed by atoms with Crippen LogP contribution in [0.4, 0.5) is 5.13 Å². The summed E-state index contributed by atoms with van der Waals surface area (Å²) in [7, 11) is 0. The van der Waals surface area contributed by atoms with Gasteiger partial charge < -0.3 is 9.32 Å². The molecule has 5 rings (SSSR count). The van der Waals surface area contributed by atoms with Crippen molar-refractivity contribution in [1.82, 2.24) is 24.5 Å². The van der Waals surface area contributed by atoms with E-state index in [2.05, 4.69) is 20.5 Å². The van der Waals surface area contributed by atoms with Gasteiger partial charge in [-0.05, 0) is 37.1 Å². The van der Waals surface area contributed by atoms with Crippen molar-refractivity contribution in [3.05, 3.63) is 65.5 Å². The molecule has 0 aromatic carbocycles. The van der Waals surface area contributed by atoms with Crippen molar-refractivity contribution in [3.8, 4) is 0 Å². The first-order valence-corrected chi connectivity index (χ1v) is 10.5. The lowest BCUT2D eigenvalue weighted by Crippen LogP contribution is -2.32. The van der Waals surface area contributed by atoms with E-state index in [1.54, 1.807) is 17.5 Å². The first-order valence-electron chi connectivity index (χ1n) is 9.57. The van der Waals surface area contributed by atoms with Crippen LogP contribution in [0.3, 0.4) is 0 Å². The van der Waals surface area contributed by atoms with Gasteiger partial charge in [-0.1, -0.05) is 6.07 Å². The zero-order chi connectivity index (χ0) is 20.5. The van der Waals surface area contributed by atoms with Crippen molar-refractivity contribution in [1.29, 1.82) is 0 Å². The average molecular weight is 422 g/mol. The molecule has 9 nitrogen and oxygen atoms in total. The largest absolute Gasteiger partial charge is 0.459 e. The maximum absolute atomic E-state index is 13.0. The van der Waals surface area contributed by atoms with Crippen LogP contribution >= 0.6 is 11.3 Å². The number of hydrogen-bond acceptors (Lipinski definition) is 7. The minimum absolute atomic E-state index is 0.0145. The van der Waals surface area contributed by atoms with E-state index in [1.807, 2.05) is 33.7 Å². The van der Waals surface area contributed by atoms with Gasteiger partial charge in [0.25, 0.3) is 5.91 Å². The number of anilines is 1. The number of fused-ring (bicyclic) bond motifs is 1. The van der Waals surface area contributed by atoms with Crippen LogP contribution in [-0.2, 0) is 11.2 Å². The van der Waals surface area contributed by atoms with Gasteiger partial charge in [0, 0.05) is 18.1 Å². The SMILES string of the molecule is O=C(Nc1nc(CC(=O)N2CCC[C@@H]2c2nnc3ccccn23)cs1)c1ccco1. The van der Waals surface area contributed by atoms with Gasteiger partial charge in [0.15, 0.2) is 22.4 Å². The predicted octanol–water partition coefficient (Wildman–Crippen LogP) is 2.94. The Morgan fingerprint density at radius 2 is 2.17 bits per heavy atom. The van der Waals surface area contributed by atoms with Gasteiger partial charge in [0.05, 0.1) is 24.4 Å². The third-order valence-corrected chi connectivity index (χ3v) is 5.87. The third-order valence-electron chi connectivity index (χ3n) is 5.06. The van der Waals surface area contributed by atoms with Crippen LogP contribution in [0, 0.1) is 0 Å². The van der Waals surface area contributed by atoms with E-state index in [-0.39, 0.29) is 30.0 Å². The van der Waals surface area contributed by atoms with Crippen LogP contribution in [0.2, 0.25) is 0 Å². The molecule has 5 heterocycles. The number of likely N-dealkylation sites (tertiary alicyclic amines) is 1. The molecule has 152 valence electrons. The molecule has 1 saturated heterocycles. The van der Waals surface area contributed by atoms with Gasteiger partial charge in [-0.25, -0.2) is 4.98 Å². The number of carbonyl (C=O) groups excluding carboxylic acids is 2. The molecule has 30 heavy (non-hydrogen) atoms. The second-order valence-electron chi connectivity index (χ2n) is 6.98. The molecule has 1 fully saturated rings. The van der Waals surface area contributed by atoms with Crippen molar-refractivity contribution in [3.63, 3.8) is 0 Å². The topological polar surface area (TPSA) is 106 Å². The van der Waals surface area contributed by atoms with Crippen molar-refractivity contribution in [2.45, 2.75) is 25.3 Å². The molecule has 0 unspecified atom stereocenters. The summed E-state index contributed by atoms with van der Waals surface area (Å²) >= 11 is 1.28. The molecule has 0 aliphatic carbocycles. The standard InChI is InChI=1S/C20H18N6O3S/c27-17(11-13-12-30-20(21-13)22-19(28)15-6-4-10-29-15)25-9-3-5-14(25)18-24-23-16-7-1-2-8-26(16)18/h1-2,4,6-8,10,12,14H,3,5,9,11H2,(H,21,22,28)/t14-/m1/s1. The van der Waals surface area contributed by atoms with Crippen LogP contribution in [0.1, 0.15) is 41.0 Å². The van der Waals surface area contributed by atoms with Gasteiger partial charge in [0.1, 0.15) is 0 Å². The summed E-state index contributed by atoms with van der Waals surface area (Å²) in [5.41, 5.74) is 1.39. The Morgan fingerprint density at radius 3 is 3.03 bits per heavy atom. The van der Waals surface area contributed by atoms with Gasteiger partial charge in [0.2, 0.25) is 5.91 Å². The van der Waals surface area contributed by atoms with Crippen molar-refractivity contribution in [2.75, 3.05) is 11.9 Å². The monoisotopic (exact) mass is 422 g/mol. The predicted molar refractivity (Wildman–Crippen MR) is 109 cm³/mol. The van der Waals surface area contributed by atoms with Crippen LogP contribution in [0.25, 0.3) is 5.65 Å². The van der Waals surface area contributed by atoms with E-state index in [9.17, 15) is 9.59 Å². The molecule has 2 amide bonds. The molecule has 4 aromatic rings. The minimum atomic E-state index is -0.370. The van der Waals surface area contributed by atoms with Gasteiger partial charge >= 0.3 is 0 Å². The Kier molecular flexibility index (Phi) is 4.75. The fourth-order valence-electron chi connectivity index (χ4n) is 3.69. The highest BCUT2D eigenvalue weighted by Gasteiger charge is 2.33. The zero-order valence-corrected chi connectivity index (χ0v) is 16.7. The number of furan rings is 1. The lowest BCUT2D eigenvalue weighted by Gasteiger charge is -2.23. The number of nitrogens with zero attached hydrogens (tertiary/aromatic N) is 5. The molecule has 10 heteroatoms.